The second-order valence-electron chi connectivity index (χ2n) is 8.12. The number of hydrogen-bond acceptors (Lipinski definition) is 5. The zero-order chi connectivity index (χ0) is 22.8. The van der Waals surface area contributed by atoms with Crippen molar-refractivity contribution in [2.75, 3.05) is 32.7 Å². The average Bonchev–Trinajstić information content (AvgIpc) is 3.47. The Morgan fingerprint density at radius 3 is 2.38 bits per heavy atom. The van der Waals surface area contributed by atoms with Gasteiger partial charge in [-0.05, 0) is 36.5 Å². The van der Waals surface area contributed by atoms with Crippen molar-refractivity contribution >= 4 is 40.4 Å². The second-order valence-corrected chi connectivity index (χ2v) is 8.50. The summed E-state index contributed by atoms with van der Waals surface area (Å²) in [4.78, 5) is 37.6. The highest BCUT2D eigenvalue weighted by Crippen LogP contribution is 2.46. The number of benzene rings is 1. The summed E-state index contributed by atoms with van der Waals surface area (Å²) in [6, 6.07) is 2.13. The molecule has 2 saturated heterocycles. The topological polar surface area (TPSA) is 86.1 Å². The third-order valence-corrected chi connectivity index (χ3v) is 6.33. The van der Waals surface area contributed by atoms with E-state index >= 15 is 0 Å². The standard InChI is InChI=1S/C20H18ClF3N4O4/c21-15-12-7-11(10-1-2-10)8-13(20(22,23)24)16(12)32-17(15)18(30)26-3-5-27(6-4-26)28-9-14(29)25-19(28)31/h7-8,10H,1-6,9H2,(H,25,29,31). The van der Waals surface area contributed by atoms with Crippen LogP contribution in [0.1, 0.15) is 40.4 Å². The van der Waals surface area contributed by atoms with E-state index in [4.69, 9.17) is 16.0 Å². The van der Waals surface area contributed by atoms with Crippen molar-refractivity contribution in [3.63, 3.8) is 0 Å². The van der Waals surface area contributed by atoms with Crippen LogP contribution in [0.4, 0.5) is 18.0 Å². The maximum atomic E-state index is 13.7. The van der Waals surface area contributed by atoms with Gasteiger partial charge in [-0.3, -0.25) is 14.9 Å². The maximum absolute atomic E-state index is 13.7. The first-order valence-electron chi connectivity index (χ1n) is 10.1. The van der Waals surface area contributed by atoms with E-state index in [0.717, 1.165) is 18.9 Å². The van der Waals surface area contributed by atoms with E-state index in [1.165, 1.54) is 9.91 Å². The largest absolute Gasteiger partial charge is 0.449 e. The van der Waals surface area contributed by atoms with Gasteiger partial charge in [0.05, 0.1) is 10.6 Å². The van der Waals surface area contributed by atoms with Gasteiger partial charge in [-0.2, -0.15) is 13.2 Å². The highest BCUT2D eigenvalue weighted by molar-refractivity contribution is 6.38. The van der Waals surface area contributed by atoms with E-state index in [2.05, 4.69) is 5.32 Å². The molecule has 2 aromatic rings. The average molecular weight is 471 g/mol. The van der Waals surface area contributed by atoms with E-state index in [1.54, 1.807) is 11.1 Å². The number of halogens is 4. The molecule has 0 unspecified atom stereocenters. The number of nitrogens with one attached hydrogen (secondary N) is 1. The summed E-state index contributed by atoms with van der Waals surface area (Å²) in [5.41, 5.74) is -0.841. The minimum atomic E-state index is -4.65. The molecule has 1 N–H and O–H groups in total. The van der Waals surface area contributed by atoms with Gasteiger partial charge in [0.1, 0.15) is 12.1 Å². The number of nitrogens with zero attached hydrogens (tertiary/aromatic N) is 3. The molecule has 0 spiro atoms. The summed E-state index contributed by atoms with van der Waals surface area (Å²) in [6.07, 6.45) is -3.02. The molecule has 1 aliphatic carbocycles. The first kappa shape index (κ1) is 21.1. The van der Waals surface area contributed by atoms with Crippen LogP contribution >= 0.6 is 11.6 Å². The van der Waals surface area contributed by atoms with Gasteiger partial charge in [0.15, 0.2) is 0 Å². The number of imide groups is 1. The Bertz CT molecular complexity index is 1140. The fourth-order valence-electron chi connectivity index (χ4n) is 4.14. The lowest BCUT2D eigenvalue weighted by molar-refractivity contribution is -0.137. The van der Waals surface area contributed by atoms with E-state index < -0.39 is 35.2 Å². The molecule has 0 bridgehead atoms. The number of furan rings is 1. The first-order valence-corrected chi connectivity index (χ1v) is 10.5. The molecule has 4 amide bonds. The lowest BCUT2D eigenvalue weighted by Crippen LogP contribution is -2.55. The molecule has 3 heterocycles. The van der Waals surface area contributed by atoms with Crippen LogP contribution in [0.25, 0.3) is 11.0 Å². The van der Waals surface area contributed by atoms with Gasteiger partial charge < -0.3 is 9.32 Å². The molecule has 3 aliphatic rings. The van der Waals surface area contributed by atoms with Gasteiger partial charge in [0.25, 0.3) is 5.91 Å². The van der Waals surface area contributed by atoms with Crippen LogP contribution in [-0.2, 0) is 11.0 Å². The lowest BCUT2D eigenvalue weighted by Gasteiger charge is -2.38. The van der Waals surface area contributed by atoms with Gasteiger partial charge >= 0.3 is 12.2 Å². The summed E-state index contributed by atoms with van der Waals surface area (Å²) >= 11 is 6.34. The summed E-state index contributed by atoms with van der Waals surface area (Å²) in [5, 5.41) is 5.05. The Balaban J connectivity index is 1.40. The fraction of sp³-hybridized carbons (Fsp3) is 0.450. The molecule has 0 atom stereocenters. The third kappa shape index (κ3) is 3.58. The van der Waals surface area contributed by atoms with E-state index in [-0.39, 0.29) is 54.8 Å². The van der Waals surface area contributed by atoms with Crippen LogP contribution in [0.15, 0.2) is 16.5 Å². The summed E-state index contributed by atoms with van der Waals surface area (Å²) in [5.74, 6) is -1.29. The molecule has 2 aliphatic heterocycles. The molecular weight excluding hydrogens is 453 g/mol. The van der Waals surface area contributed by atoms with Gasteiger partial charge in [-0.1, -0.05) is 11.6 Å². The van der Waals surface area contributed by atoms with Gasteiger partial charge in [-0.25, -0.2) is 14.8 Å². The van der Waals surface area contributed by atoms with Crippen molar-refractivity contribution in [1.82, 2.24) is 20.2 Å². The number of alkyl halides is 3. The number of piperazine rings is 1. The molecule has 0 radical (unpaired) electrons. The van der Waals surface area contributed by atoms with Crippen LogP contribution in [0, 0.1) is 0 Å². The van der Waals surface area contributed by atoms with Crippen molar-refractivity contribution in [2.24, 2.45) is 0 Å². The Morgan fingerprint density at radius 2 is 1.81 bits per heavy atom. The number of fused-ring (bicyclic) bond motifs is 1. The van der Waals surface area contributed by atoms with Crippen LogP contribution in [0.5, 0.6) is 0 Å². The maximum Gasteiger partial charge on any atom is 0.420 e. The normalized spacial score (nSPS) is 20.4. The van der Waals surface area contributed by atoms with Crippen LogP contribution < -0.4 is 5.32 Å². The minimum absolute atomic E-state index is 0.0633. The SMILES string of the molecule is O=C1CN(N2CCN(C(=O)c3oc4c(C(F)(F)F)cc(C5CC5)cc4c3Cl)CC2)C(=O)N1. The van der Waals surface area contributed by atoms with Gasteiger partial charge in [0, 0.05) is 31.6 Å². The van der Waals surface area contributed by atoms with Crippen LogP contribution in [0.2, 0.25) is 5.02 Å². The Morgan fingerprint density at radius 1 is 1.12 bits per heavy atom. The lowest BCUT2D eigenvalue weighted by atomic mass is 10.0. The number of amides is 4. The minimum Gasteiger partial charge on any atom is -0.449 e. The number of hydrogen-bond donors (Lipinski definition) is 1. The number of carbonyl (C=O) groups is 3. The zero-order valence-corrected chi connectivity index (χ0v) is 17.4. The molecule has 12 heteroatoms. The molecule has 1 aromatic carbocycles. The molecule has 5 rings (SSSR count). The van der Waals surface area contributed by atoms with Crippen molar-refractivity contribution < 1.29 is 32.0 Å². The molecule has 1 aromatic heterocycles. The molecular formula is C20H18ClF3N4O4. The van der Waals surface area contributed by atoms with Gasteiger partial charge in [-0.15, -0.1) is 0 Å². The molecule has 32 heavy (non-hydrogen) atoms. The third-order valence-electron chi connectivity index (χ3n) is 5.96. The molecule has 8 nitrogen and oxygen atoms in total. The van der Waals surface area contributed by atoms with E-state index in [0.29, 0.717) is 5.56 Å². The quantitative estimate of drug-likeness (QED) is 0.696. The van der Waals surface area contributed by atoms with E-state index in [1.807, 2.05) is 0 Å². The Hall–Kier alpha value is -2.79. The fourth-order valence-corrected chi connectivity index (χ4v) is 4.40. The van der Waals surface area contributed by atoms with Crippen LogP contribution in [0.3, 0.4) is 0 Å². The Labute approximate surface area is 184 Å². The summed E-state index contributed by atoms with van der Waals surface area (Å²) < 4.78 is 46.4. The van der Waals surface area contributed by atoms with Crippen molar-refractivity contribution in [3.05, 3.63) is 34.0 Å². The van der Waals surface area contributed by atoms with E-state index in [9.17, 15) is 27.6 Å². The summed E-state index contributed by atoms with van der Waals surface area (Å²) in [6.45, 7) is 0.812. The van der Waals surface area contributed by atoms with Crippen molar-refractivity contribution in [1.29, 1.82) is 0 Å². The highest BCUT2D eigenvalue weighted by atomic mass is 35.5. The van der Waals surface area contributed by atoms with Crippen molar-refractivity contribution in [3.8, 4) is 0 Å². The van der Waals surface area contributed by atoms with Crippen molar-refractivity contribution in [2.45, 2.75) is 24.9 Å². The predicted octanol–water partition coefficient (Wildman–Crippen LogP) is 3.21. The molecule has 170 valence electrons. The number of hydrazine groups is 1. The molecule has 1 saturated carbocycles. The monoisotopic (exact) mass is 470 g/mol. The number of urea groups is 1. The number of rotatable bonds is 3. The second kappa shape index (κ2) is 7.38. The van der Waals surface area contributed by atoms with Crippen LogP contribution in [-0.4, -0.2) is 65.5 Å². The Kier molecular flexibility index (Phi) is 4.86. The summed E-state index contributed by atoms with van der Waals surface area (Å²) in [7, 11) is 0. The predicted molar refractivity (Wildman–Crippen MR) is 106 cm³/mol. The zero-order valence-electron chi connectivity index (χ0n) is 16.7. The molecule has 3 fully saturated rings. The smallest absolute Gasteiger partial charge is 0.420 e. The first-order chi connectivity index (χ1) is 15.1. The highest BCUT2D eigenvalue weighted by Gasteiger charge is 2.39. The van der Waals surface area contributed by atoms with Gasteiger partial charge in [0.2, 0.25) is 11.7 Å². The number of carbonyl (C=O) groups excluding carboxylic acids is 3.